The molecule has 0 fully saturated rings. The van der Waals surface area contributed by atoms with E-state index in [1.807, 2.05) is 19.9 Å². The molecule has 0 bridgehead atoms. The lowest BCUT2D eigenvalue weighted by molar-refractivity contribution is 0.0584. The Morgan fingerprint density at radius 3 is 2.56 bits per heavy atom. The minimum Gasteiger partial charge on any atom is -0.508 e. The number of carbonyl (C=O) groups excluding carboxylic acids is 1. The topological polar surface area (TPSA) is 116 Å². The van der Waals surface area contributed by atoms with Crippen molar-refractivity contribution in [1.29, 1.82) is 0 Å². The van der Waals surface area contributed by atoms with Gasteiger partial charge in [0.05, 0.1) is 18.1 Å². The summed E-state index contributed by atoms with van der Waals surface area (Å²) in [6.07, 6.45) is 4.77. The van der Waals surface area contributed by atoms with E-state index < -0.39 is 17.6 Å². The highest BCUT2D eigenvalue weighted by Gasteiger charge is 2.43. The van der Waals surface area contributed by atoms with Gasteiger partial charge in [-0.25, -0.2) is 0 Å². The average Bonchev–Trinajstić information content (AvgIpc) is 2.72. The van der Waals surface area contributed by atoms with E-state index in [1.54, 1.807) is 19.1 Å². The number of allylic oxidation sites excluding steroid dienone is 2. The van der Waals surface area contributed by atoms with Crippen LogP contribution in [0.25, 0.3) is 6.08 Å². The van der Waals surface area contributed by atoms with E-state index in [4.69, 9.17) is 9.47 Å². The Morgan fingerprint density at radius 2 is 1.91 bits per heavy atom. The Bertz CT molecular complexity index is 1140. The molecule has 0 amide bonds. The van der Waals surface area contributed by atoms with Crippen LogP contribution in [0.15, 0.2) is 42.0 Å². The minimum absolute atomic E-state index is 0.0614. The molecule has 2 aromatic rings. The van der Waals surface area contributed by atoms with E-state index in [2.05, 4.69) is 0 Å². The molecule has 3 atom stereocenters. The van der Waals surface area contributed by atoms with E-state index in [0.29, 0.717) is 17.5 Å². The van der Waals surface area contributed by atoms with Crippen molar-refractivity contribution in [1.82, 2.24) is 0 Å². The highest BCUT2D eigenvalue weighted by atomic mass is 16.5. The maximum absolute atomic E-state index is 13.6. The standard InChI is InChI=1S/C25H26O7/c1-13(2)4-6-17-22(30)21-19(29)11-20-16(8-9-25(3,12-26)32-20)24(21)31-23(17)15-7-5-14(27)10-18(15)28/h4-5,7-11,17,23,26-29H,6,12H2,1-3H3. The number of ether oxygens (including phenoxy) is 2. The van der Waals surface area contributed by atoms with Crippen LogP contribution < -0.4 is 9.47 Å². The quantitative estimate of drug-likeness (QED) is 0.527. The third kappa shape index (κ3) is 3.69. The van der Waals surface area contributed by atoms with Crippen molar-refractivity contribution >= 4 is 11.9 Å². The third-order valence-electron chi connectivity index (χ3n) is 5.81. The van der Waals surface area contributed by atoms with Gasteiger partial charge in [-0.05, 0) is 51.5 Å². The van der Waals surface area contributed by atoms with Crippen LogP contribution in [0, 0.1) is 5.92 Å². The van der Waals surface area contributed by atoms with E-state index in [1.165, 1.54) is 24.3 Å². The average molecular weight is 438 g/mol. The van der Waals surface area contributed by atoms with E-state index in [-0.39, 0.29) is 46.7 Å². The van der Waals surface area contributed by atoms with Gasteiger partial charge in [0, 0.05) is 17.7 Å². The van der Waals surface area contributed by atoms with Crippen LogP contribution >= 0.6 is 0 Å². The first-order valence-corrected chi connectivity index (χ1v) is 10.4. The third-order valence-corrected chi connectivity index (χ3v) is 5.81. The number of hydrogen-bond donors (Lipinski definition) is 4. The van der Waals surface area contributed by atoms with Crippen LogP contribution in [0.4, 0.5) is 0 Å². The first-order valence-electron chi connectivity index (χ1n) is 10.4. The molecule has 0 aromatic heterocycles. The second kappa shape index (κ2) is 7.91. The predicted molar refractivity (Wildman–Crippen MR) is 118 cm³/mol. The van der Waals surface area contributed by atoms with Crippen molar-refractivity contribution in [3.8, 4) is 28.7 Å². The predicted octanol–water partition coefficient (Wildman–Crippen LogP) is 4.25. The van der Waals surface area contributed by atoms with Crippen molar-refractivity contribution in [2.45, 2.75) is 38.9 Å². The van der Waals surface area contributed by atoms with Crippen LogP contribution in [-0.4, -0.2) is 38.4 Å². The van der Waals surface area contributed by atoms with Crippen molar-refractivity contribution in [3.63, 3.8) is 0 Å². The summed E-state index contributed by atoms with van der Waals surface area (Å²) >= 11 is 0. The molecule has 0 spiro atoms. The highest BCUT2D eigenvalue weighted by Crippen LogP contribution is 2.51. The number of aromatic hydroxyl groups is 3. The van der Waals surface area contributed by atoms with Crippen molar-refractivity contribution < 1.29 is 34.7 Å². The molecule has 4 rings (SSSR count). The van der Waals surface area contributed by atoms with Crippen molar-refractivity contribution in [2.75, 3.05) is 6.61 Å². The first kappa shape index (κ1) is 21.8. The molecule has 2 aliphatic heterocycles. The summed E-state index contributed by atoms with van der Waals surface area (Å²) in [7, 11) is 0. The highest BCUT2D eigenvalue weighted by molar-refractivity contribution is 6.06. The van der Waals surface area contributed by atoms with Gasteiger partial charge in [0.2, 0.25) is 0 Å². The van der Waals surface area contributed by atoms with Gasteiger partial charge >= 0.3 is 0 Å². The molecule has 168 valence electrons. The summed E-state index contributed by atoms with van der Waals surface area (Å²) in [5.74, 6) is -1.14. The van der Waals surface area contributed by atoms with Crippen LogP contribution in [0.5, 0.6) is 28.7 Å². The summed E-state index contributed by atoms with van der Waals surface area (Å²) < 4.78 is 12.1. The zero-order chi connectivity index (χ0) is 23.2. The summed E-state index contributed by atoms with van der Waals surface area (Å²) in [5.41, 5.74) is 0.943. The fourth-order valence-corrected chi connectivity index (χ4v) is 4.05. The molecule has 0 aliphatic carbocycles. The van der Waals surface area contributed by atoms with Crippen LogP contribution in [0.2, 0.25) is 0 Å². The summed E-state index contributed by atoms with van der Waals surface area (Å²) in [4.78, 5) is 13.6. The molecule has 32 heavy (non-hydrogen) atoms. The molecule has 0 radical (unpaired) electrons. The molecule has 3 unspecified atom stereocenters. The van der Waals surface area contributed by atoms with Gasteiger partial charge in [-0.3, -0.25) is 4.79 Å². The van der Waals surface area contributed by atoms with Crippen LogP contribution in [0.3, 0.4) is 0 Å². The molecule has 0 saturated heterocycles. The number of carbonyl (C=O) groups is 1. The smallest absolute Gasteiger partial charge is 0.177 e. The number of fused-ring (bicyclic) bond motifs is 3. The Hall–Kier alpha value is -3.45. The van der Waals surface area contributed by atoms with E-state index in [0.717, 1.165) is 5.57 Å². The second-order valence-corrected chi connectivity index (χ2v) is 8.69. The first-order chi connectivity index (χ1) is 15.1. The van der Waals surface area contributed by atoms with Gasteiger partial charge in [0.1, 0.15) is 46.0 Å². The van der Waals surface area contributed by atoms with Crippen molar-refractivity contribution in [2.24, 2.45) is 5.92 Å². The normalized spacial score (nSPS) is 23.6. The molecule has 2 aliphatic rings. The molecule has 7 heteroatoms. The maximum Gasteiger partial charge on any atom is 0.177 e. The Labute approximate surface area is 185 Å². The van der Waals surface area contributed by atoms with Gasteiger partial charge in [0.15, 0.2) is 5.78 Å². The number of aliphatic hydroxyl groups is 1. The van der Waals surface area contributed by atoms with Crippen LogP contribution in [0.1, 0.15) is 54.8 Å². The second-order valence-electron chi connectivity index (χ2n) is 8.69. The van der Waals surface area contributed by atoms with Gasteiger partial charge in [0.25, 0.3) is 0 Å². The van der Waals surface area contributed by atoms with E-state index >= 15 is 0 Å². The van der Waals surface area contributed by atoms with Gasteiger partial charge < -0.3 is 29.9 Å². The molecular weight excluding hydrogens is 412 g/mol. The maximum atomic E-state index is 13.6. The fraction of sp³-hybridized carbons (Fsp3) is 0.320. The summed E-state index contributed by atoms with van der Waals surface area (Å²) in [6.45, 7) is 5.27. The lowest BCUT2D eigenvalue weighted by Gasteiger charge is -2.36. The summed E-state index contributed by atoms with van der Waals surface area (Å²) in [6, 6.07) is 5.50. The van der Waals surface area contributed by atoms with Gasteiger partial charge in [-0.1, -0.05) is 11.6 Å². The number of ketones is 1. The number of hydrogen-bond acceptors (Lipinski definition) is 7. The van der Waals surface area contributed by atoms with Crippen molar-refractivity contribution in [3.05, 3.63) is 58.7 Å². The Balaban J connectivity index is 1.88. The van der Waals surface area contributed by atoms with E-state index in [9.17, 15) is 25.2 Å². The zero-order valence-electron chi connectivity index (χ0n) is 18.1. The molecule has 7 nitrogen and oxygen atoms in total. The number of rotatable bonds is 4. The Kier molecular flexibility index (Phi) is 5.38. The van der Waals surface area contributed by atoms with Crippen LogP contribution in [-0.2, 0) is 0 Å². The Morgan fingerprint density at radius 1 is 1.16 bits per heavy atom. The summed E-state index contributed by atoms with van der Waals surface area (Å²) in [5, 5.41) is 40.5. The van der Waals surface area contributed by atoms with Gasteiger partial charge in [-0.15, -0.1) is 0 Å². The number of phenolic OH excluding ortho intramolecular Hbond substituents is 3. The fourth-order valence-electron chi connectivity index (χ4n) is 4.05. The molecule has 2 aromatic carbocycles. The molecule has 4 N–H and O–H groups in total. The monoisotopic (exact) mass is 438 g/mol. The molecular formula is C25H26O7. The lowest BCUT2D eigenvalue weighted by atomic mass is 9.81. The number of aliphatic hydroxyl groups excluding tert-OH is 1. The lowest BCUT2D eigenvalue weighted by Crippen LogP contribution is -2.37. The number of Topliss-reactive ketones (excluding diaryl/α,β-unsaturated/α-hetero) is 1. The molecule has 2 heterocycles. The number of phenols is 3. The largest absolute Gasteiger partial charge is 0.508 e. The number of benzene rings is 2. The minimum atomic E-state index is -0.965. The zero-order valence-corrected chi connectivity index (χ0v) is 18.1. The van der Waals surface area contributed by atoms with Gasteiger partial charge in [-0.2, -0.15) is 0 Å². The SMILES string of the molecule is CC(C)=CCC1C(=O)c2c(O)cc3c(c2OC1c1ccc(O)cc1O)C=CC(C)(CO)O3. The molecule has 0 saturated carbocycles.